The number of aryl methyl sites for hydroxylation is 1. The summed E-state index contributed by atoms with van der Waals surface area (Å²) in [5.74, 6) is 0. The van der Waals surface area contributed by atoms with Gasteiger partial charge < -0.3 is 4.74 Å². The lowest BCUT2D eigenvalue weighted by molar-refractivity contribution is 0.411. The number of hydrogen-bond acceptors (Lipinski definition) is 2. The Morgan fingerprint density at radius 2 is 2.45 bits per heavy atom. The molecule has 2 nitrogen and oxygen atoms in total. The Hall–Kier alpha value is -0.890. The highest BCUT2D eigenvalue weighted by Crippen LogP contribution is 2.27. The molecule has 0 saturated carbocycles. The number of ether oxygens (including phenoxy) is 1. The Kier molecular flexibility index (Phi) is 1.62. The highest BCUT2D eigenvalue weighted by atomic mass is 16.6. The number of nitrogens with zero attached hydrogens (tertiary/aromatic N) is 1. The van der Waals surface area contributed by atoms with Crippen molar-refractivity contribution in [2.45, 2.75) is 19.4 Å². The van der Waals surface area contributed by atoms with Gasteiger partial charge >= 0.3 is 0 Å². The second-order valence-electron chi connectivity index (χ2n) is 2.77. The minimum absolute atomic E-state index is 0.293. The number of aromatic nitrogens is 1. The molecule has 1 aliphatic heterocycles. The fourth-order valence-corrected chi connectivity index (χ4v) is 1.05. The summed E-state index contributed by atoms with van der Waals surface area (Å²) in [6.07, 6.45) is 3.27. The van der Waals surface area contributed by atoms with Crippen molar-refractivity contribution in [1.82, 2.24) is 4.98 Å². The predicted octanol–water partition coefficient (Wildman–Crippen LogP) is 1.72. The van der Waals surface area contributed by atoms with Gasteiger partial charge in [0, 0.05) is 6.20 Å². The quantitative estimate of drug-likeness (QED) is 0.598. The van der Waals surface area contributed by atoms with E-state index in [1.807, 2.05) is 6.20 Å². The molecule has 1 aliphatic rings. The molecule has 1 aromatic heterocycles. The first-order valence-electron chi connectivity index (χ1n) is 3.96. The predicted molar refractivity (Wildman–Crippen MR) is 42.3 cm³/mol. The van der Waals surface area contributed by atoms with E-state index in [4.69, 9.17) is 4.74 Å². The van der Waals surface area contributed by atoms with Crippen molar-refractivity contribution in [3.63, 3.8) is 0 Å². The van der Waals surface area contributed by atoms with Crippen molar-refractivity contribution in [3.05, 3.63) is 29.6 Å². The molecule has 2 rings (SSSR count). The zero-order valence-corrected chi connectivity index (χ0v) is 6.58. The molecule has 0 radical (unpaired) electrons. The third-order valence-electron chi connectivity index (χ3n) is 1.92. The van der Waals surface area contributed by atoms with Gasteiger partial charge in [-0.3, -0.25) is 4.98 Å². The number of rotatable bonds is 2. The second kappa shape index (κ2) is 2.62. The third-order valence-corrected chi connectivity index (χ3v) is 1.92. The van der Waals surface area contributed by atoms with E-state index in [1.54, 1.807) is 0 Å². The van der Waals surface area contributed by atoms with E-state index in [9.17, 15) is 0 Å². The van der Waals surface area contributed by atoms with Crippen molar-refractivity contribution in [3.8, 4) is 0 Å². The summed E-state index contributed by atoms with van der Waals surface area (Å²) >= 11 is 0. The molecule has 0 aromatic carbocycles. The molecule has 1 aromatic rings. The lowest BCUT2D eigenvalue weighted by Crippen LogP contribution is -1.88. The summed E-state index contributed by atoms with van der Waals surface area (Å²) in [6, 6.07) is 4.17. The van der Waals surface area contributed by atoms with E-state index in [0.717, 1.165) is 18.7 Å². The average molecular weight is 149 g/mol. The third kappa shape index (κ3) is 1.40. The van der Waals surface area contributed by atoms with Crippen LogP contribution in [0.1, 0.15) is 24.3 Å². The second-order valence-corrected chi connectivity index (χ2v) is 2.77. The van der Waals surface area contributed by atoms with Crippen molar-refractivity contribution in [2.24, 2.45) is 0 Å². The summed E-state index contributed by atoms with van der Waals surface area (Å²) in [6.45, 7) is 2.97. The van der Waals surface area contributed by atoms with Crippen LogP contribution in [0, 0.1) is 0 Å². The van der Waals surface area contributed by atoms with E-state index >= 15 is 0 Å². The molecule has 2 heterocycles. The van der Waals surface area contributed by atoms with Gasteiger partial charge in [-0.15, -0.1) is 0 Å². The van der Waals surface area contributed by atoms with Crippen LogP contribution < -0.4 is 0 Å². The van der Waals surface area contributed by atoms with Crippen LogP contribution in [0.4, 0.5) is 0 Å². The summed E-state index contributed by atoms with van der Waals surface area (Å²) in [7, 11) is 0. The van der Waals surface area contributed by atoms with Gasteiger partial charge in [-0.2, -0.15) is 0 Å². The molecular formula is C9H11NO. The highest BCUT2D eigenvalue weighted by molar-refractivity contribution is 5.17. The van der Waals surface area contributed by atoms with E-state index < -0.39 is 0 Å². The van der Waals surface area contributed by atoms with Gasteiger partial charge in [0.15, 0.2) is 0 Å². The van der Waals surface area contributed by atoms with Gasteiger partial charge in [0.25, 0.3) is 0 Å². The normalized spacial score (nSPS) is 21.7. The highest BCUT2D eigenvalue weighted by Gasteiger charge is 2.25. The molecule has 1 fully saturated rings. The van der Waals surface area contributed by atoms with Gasteiger partial charge in [-0.05, 0) is 18.1 Å². The SMILES string of the molecule is CCc1ccc([C@H]2CO2)nc1. The molecule has 11 heavy (non-hydrogen) atoms. The molecular weight excluding hydrogens is 138 g/mol. The maximum absolute atomic E-state index is 5.11. The first kappa shape index (κ1) is 6.80. The summed E-state index contributed by atoms with van der Waals surface area (Å²) in [4.78, 5) is 4.29. The van der Waals surface area contributed by atoms with Crippen LogP contribution in [0.25, 0.3) is 0 Å². The van der Waals surface area contributed by atoms with Crippen LogP contribution in [-0.2, 0) is 11.2 Å². The van der Waals surface area contributed by atoms with E-state index in [2.05, 4.69) is 24.0 Å². The molecule has 0 amide bonds. The van der Waals surface area contributed by atoms with Crippen molar-refractivity contribution >= 4 is 0 Å². The Morgan fingerprint density at radius 1 is 1.64 bits per heavy atom. The van der Waals surface area contributed by atoms with E-state index in [1.165, 1.54) is 5.56 Å². The minimum atomic E-state index is 0.293. The molecule has 58 valence electrons. The minimum Gasteiger partial charge on any atom is -0.366 e. The van der Waals surface area contributed by atoms with Gasteiger partial charge in [0.1, 0.15) is 6.10 Å². The molecule has 2 heteroatoms. The van der Waals surface area contributed by atoms with E-state index in [0.29, 0.717) is 6.10 Å². The van der Waals surface area contributed by atoms with Crippen LogP contribution in [0.15, 0.2) is 18.3 Å². The summed E-state index contributed by atoms with van der Waals surface area (Å²) in [5, 5.41) is 0. The fraction of sp³-hybridized carbons (Fsp3) is 0.444. The maximum Gasteiger partial charge on any atom is 0.123 e. The van der Waals surface area contributed by atoms with E-state index in [-0.39, 0.29) is 0 Å². The lowest BCUT2D eigenvalue weighted by Gasteiger charge is -1.96. The molecule has 0 spiro atoms. The van der Waals surface area contributed by atoms with Crippen LogP contribution >= 0.6 is 0 Å². The largest absolute Gasteiger partial charge is 0.366 e. The van der Waals surface area contributed by atoms with Crippen molar-refractivity contribution in [1.29, 1.82) is 0 Å². The van der Waals surface area contributed by atoms with Crippen LogP contribution in [0.3, 0.4) is 0 Å². The fourth-order valence-electron chi connectivity index (χ4n) is 1.05. The van der Waals surface area contributed by atoms with Crippen molar-refractivity contribution in [2.75, 3.05) is 6.61 Å². The lowest BCUT2D eigenvalue weighted by atomic mass is 10.2. The number of epoxide rings is 1. The smallest absolute Gasteiger partial charge is 0.123 e. The molecule has 0 aliphatic carbocycles. The molecule has 0 unspecified atom stereocenters. The molecule has 0 bridgehead atoms. The monoisotopic (exact) mass is 149 g/mol. The van der Waals surface area contributed by atoms with Gasteiger partial charge in [0.2, 0.25) is 0 Å². The van der Waals surface area contributed by atoms with Gasteiger partial charge in [-0.25, -0.2) is 0 Å². The van der Waals surface area contributed by atoms with Crippen LogP contribution in [0.2, 0.25) is 0 Å². The Bertz CT molecular complexity index is 238. The number of pyridine rings is 1. The topological polar surface area (TPSA) is 25.4 Å². The summed E-state index contributed by atoms with van der Waals surface area (Å²) < 4.78 is 5.11. The Labute approximate surface area is 66.2 Å². The maximum atomic E-state index is 5.11. The number of hydrogen-bond donors (Lipinski definition) is 0. The zero-order valence-electron chi connectivity index (χ0n) is 6.58. The van der Waals surface area contributed by atoms with Crippen LogP contribution in [0.5, 0.6) is 0 Å². The zero-order chi connectivity index (χ0) is 7.68. The average Bonchev–Trinajstić information content (AvgIpc) is 2.87. The van der Waals surface area contributed by atoms with Gasteiger partial charge in [-0.1, -0.05) is 13.0 Å². The molecule has 1 atom stereocenters. The standard InChI is InChI=1S/C9H11NO/c1-2-7-3-4-8(10-5-7)9-6-11-9/h3-5,9H,2,6H2,1H3/t9-/m1/s1. The van der Waals surface area contributed by atoms with Crippen molar-refractivity contribution < 1.29 is 4.74 Å². The van der Waals surface area contributed by atoms with Crippen LogP contribution in [-0.4, -0.2) is 11.6 Å². The molecule has 1 saturated heterocycles. The summed E-state index contributed by atoms with van der Waals surface area (Å²) in [5.41, 5.74) is 2.36. The first-order chi connectivity index (χ1) is 5.40. The van der Waals surface area contributed by atoms with Gasteiger partial charge in [0.05, 0.1) is 12.3 Å². The Balaban J connectivity index is 2.19. The molecule has 0 N–H and O–H groups in total. The first-order valence-corrected chi connectivity index (χ1v) is 3.96. The Morgan fingerprint density at radius 3 is 2.91 bits per heavy atom.